The third-order valence-corrected chi connectivity index (χ3v) is 4.40. The second-order valence-electron chi connectivity index (χ2n) is 4.27. The molecule has 0 saturated heterocycles. The number of aromatic nitrogens is 1. The molecule has 0 aliphatic rings. The Morgan fingerprint density at radius 3 is 2.56 bits per heavy atom. The number of rotatable bonds is 5. The Morgan fingerprint density at radius 2 is 2.00 bits per heavy atom. The van der Waals surface area contributed by atoms with Crippen LogP contribution in [0.25, 0.3) is 0 Å². The number of thiophene rings is 1. The Bertz CT molecular complexity index is 484. The lowest BCUT2D eigenvalue weighted by Gasteiger charge is -2.21. The fourth-order valence-corrected chi connectivity index (χ4v) is 3.06. The summed E-state index contributed by atoms with van der Waals surface area (Å²) < 4.78 is 0.843. The molecule has 0 aromatic carbocycles. The number of nitrogens with one attached hydrogen (secondary N) is 1. The van der Waals surface area contributed by atoms with E-state index >= 15 is 0 Å². The van der Waals surface area contributed by atoms with E-state index in [0.717, 1.165) is 10.8 Å². The predicted molar refractivity (Wildman–Crippen MR) is 78.1 cm³/mol. The van der Waals surface area contributed by atoms with Gasteiger partial charge in [-0.15, -0.1) is 11.3 Å². The van der Waals surface area contributed by atoms with Gasteiger partial charge in [-0.05, 0) is 43.2 Å². The van der Waals surface area contributed by atoms with E-state index in [1.807, 2.05) is 18.5 Å². The number of hydrogen-bond acceptors (Lipinski definition) is 3. The standard InChI is InChI=1S/C14H17ClN2S/c1-3-12(11-6-8-16-9-7-11)17-10(2)13-4-5-14(15)18-13/h4-10,12,17H,3H2,1-2H3/t10-,12+/m1/s1. The molecular weight excluding hydrogens is 264 g/mol. The van der Waals surface area contributed by atoms with Crippen molar-refractivity contribution in [2.24, 2.45) is 0 Å². The Labute approximate surface area is 117 Å². The second-order valence-corrected chi connectivity index (χ2v) is 6.02. The Morgan fingerprint density at radius 1 is 1.28 bits per heavy atom. The molecule has 2 atom stereocenters. The SMILES string of the molecule is CC[C@H](N[C@H](C)c1ccc(Cl)s1)c1ccncc1. The van der Waals surface area contributed by atoms with Gasteiger partial charge in [-0.2, -0.15) is 0 Å². The van der Waals surface area contributed by atoms with Crippen LogP contribution >= 0.6 is 22.9 Å². The van der Waals surface area contributed by atoms with Crippen LogP contribution in [0.15, 0.2) is 36.7 Å². The molecule has 0 saturated carbocycles. The molecule has 2 nitrogen and oxygen atoms in total. The second kappa shape index (κ2) is 6.32. The molecule has 0 amide bonds. The van der Waals surface area contributed by atoms with Crippen molar-refractivity contribution in [3.05, 3.63) is 51.4 Å². The molecule has 96 valence electrons. The van der Waals surface area contributed by atoms with E-state index in [-0.39, 0.29) is 0 Å². The third-order valence-electron chi connectivity index (χ3n) is 2.99. The summed E-state index contributed by atoms with van der Waals surface area (Å²) in [4.78, 5) is 5.33. The molecule has 2 aromatic heterocycles. The highest BCUT2D eigenvalue weighted by molar-refractivity contribution is 7.16. The topological polar surface area (TPSA) is 24.9 Å². The molecule has 0 aliphatic heterocycles. The lowest BCUT2D eigenvalue weighted by atomic mass is 10.0. The average Bonchev–Trinajstić information content (AvgIpc) is 2.83. The van der Waals surface area contributed by atoms with Crippen LogP contribution in [0.3, 0.4) is 0 Å². The van der Waals surface area contributed by atoms with E-state index < -0.39 is 0 Å². The summed E-state index contributed by atoms with van der Waals surface area (Å²) in [5.41, 5.74) is 1.28. The van der Waals surface area contributed by atoms with E-state index in [9.17, 15) is 0 Å². The van der Waals surface area contributed by atoms with Gasteiger partial charge in [0.25, 0.3) is 0 Å². The minimum Gasteiger partial charge on any atom is -0.303 e. The lowest BCUT2D eigenvalue weighted by Crippen LogP contribution is -2.23. The van der Waals surface area contributed by atoms with Crippen LogP contribution in [0.2, 0.25) is 4.34 Å². The summed E-state index contributed by atoms with van der Waals surface area (Å²) in [6.07, 6.45) is 4.73. The number of hydrogen-bond donors (Lipinski definition) is 1. The molecule has 0 unspecified atom stereocenters. The van der Waals surface area contributed by atoms with Crippen molar-refractivity contribution in [2.75, 3.05) is 0 Å². The van der Waals surface area contributed by atoms with Crippen LogP contribution < -0.4 is 5.32 Å². The minimum atomic E-state index is 0.306. The Kier molecular flexibility index (Phi) is 4.75. The van der Waals surface area contributed by atoms with Crippen LogP contribution in [0.4, 0.5) is 0 Å². The van der Waals surface area contributed by atoms with Gasteiger partial charge >= 0.3 is 0 Å². The quantitative estimate of drug-likeness (QED) is 0.866. The first kappa shape index (κ1) is 13.5. The average molecular weight is 281 g/mol. The Hall–Kier alpha value is -0.900. The maximum atomic E-state index is 5.97. The smallest absolute Gasteiger partial charge is 0.0931 e. The van der Waals surface area contributed by atoms with Crippen LogP contribution in [-0.2, 0) is 0 Å². The normalized spacial score (nSPS) is 14.4. The van der Waals surface area contributed by atoms with Crippen LogP contribution in [0, 0.1) is 0 Å². The van der Waals surface area contributed by atoms with Crippen LogP contribution in [0.5, 0.6) is 0 Å². The van der Waals surface area contributed by atoms with Crippen molar-refractivity contribution >= 4 is 22.9 Å². The highest BCUT2D eigenvalue weighted by Gasteiger charge is 2.14. The van der Waals surface area contributed by atoms with Gasteiger partial charge in [-0.3, -0.25) is 4.98 Å². The fourth-order valence-electron chi connectivity index (χ4n) is 1.99. The van der Waals surface area contributed by atoms with Gasteiger partial charge in [0, 0.05) is 29.4 Å². The maximum Gasteiger partial charge on any atom is 0.0931 e. The molecule has 2 rings (SSSR count). The summed E-state index contributed by atoms with van der Waals surface area (Å²) in [5, 5.41) is 3.64. The van der Waals surface area contributed by atoms with Gasteiger partial charge in [0.05, 0.1) is 4.34 Å². The molecule has 0 aliphatic carbocycles. The van der Waals surface area contributed by atoms with Gasteiger partial charge in [0.15, 0.2) is 0 Å². The zero-order chi connectivity index (χ0) is 13.0. The van der Waals surface area contributed by atoms with Crippen LogP contribution in [-0.4, -0.2) is 4.98 Å². The van der Waals surface area contributed by atoms with E-state index in [1.165, 1.54) is 10.4 Å². The molecular formula is C14H17ClN2S. The van der Waals surface area contributed by atoms with E-state index in [2.05, 4.69) is 42.3 Å². The predicted octanol–water partition coefficient (Wildman–Crippen LogP) is 4.60. The summed E-state index contributed by atoms with van der Waals surface area (Å²) in [7, 11) is 0. The van der Waals surface area contributed by atoms with E-state index in [1.54, 1.807) is 11.3 Å². The van der Waals surface area contributed by atoms with Gasteiger partial charge in [0.1, 0.15) is 0 Å². The fraction of sp³-hybridized carbons (Fsp3) is 0.357. The van der Waals surface area contributed by atoms with E-state index in [4.69, 9.17) is 11.6 Å². The maximum absolute atomic E-state index is 5.97. The van der Waals surface area contributed by atoms with Gasteiger partial charge in [0.2, 0.25) is 0 Å². The van der Waals surface area contributed by atoms with Crippen molar-refractivity contribution in [1.82, 2.24) is 10.3 Å². The zero-order valence-electron chi connectivity index (χ0n) is 10.6. The molecule has 0 bridgehead atoms. The van der Waals surface area contributed by atoms with Crippen molar-refractivity contribution in [3.8, 4) is 0 Å². The number of pyridine rings is 1. The largest absolute Gasteiger partial charge is 0.303 e. The van der Waals surface area contributed by atoms with Crippen molar-refractivity contribution < 1.29 is 0 Å². The number of nitrogens with zero attached hydrogens (tertiary/aromatic N) is 1. The first-order valence-corrected chi connectivity index (χ1v) is 7.31. The monoisotopic (exact) mass is 280 g/mol. The van der Waals surface area contributed by atoms with Crippen molar-refractivity contribution in [1.29, 1.82) is 0 Å². The molecule has 0 fully saturated rings. The van der Waals surface area contributed by atoms with Crippen molar-refractivity contribution in [3.63, 3.8) is 0 Å². The first-order chi connectivity index (χ1) is 8.70. The Balaban J connectivity index is 2.07. The zero-order valence-corrected chi connectivity index (χ0v) is 12.1. The molecule has 0 radical (unpaired) electrons. The minimum absolute atomic E-state index is 0.306. The van der Waals surface area contributed by atoms with Gasteiger partial charge in [-0.25, -0.2) is 0 Å². The molecule has 18 heavy (non-hydrogen) atoms. The highest BCUT2D eigenvalue weighted by Crippen LogP contribution is 2.29. The summed E-state index contributed by atoms with van der Waals surface area (Å²) in [6, 6.07) is 8.83. The highest BCUT2D eigenvalue weighted by atomic mass is 35.5. The van der Waals surface area contributed by atoms with Gasteiger partial charge < -0.3 is 5.32 Å². The summed E-state index contributed by atoms with van der Waals surface area (Å²) in [6.45, 7) is 4.36. The number of halogens is 1. The van der Waals surface area contributed by atoms with Gasteiger partial charge in [-0.1, -0.05) is 18.5 Å². The molecule has 4 heteroatoms. The molecule has 0 spiro atoms. The molecule has 1 N–H and O–H groups in total. The molecule has 2 aromatic rings. The summed E-state index contributed by atoms with van der Waals surface area (Å²) in [5.74, 6) is 0. The van der Waals surface area contributed by atoms with Crippen molar-refractivity contribution in [2.45, 2.75) is 32.4 Å². The third kappa shape index (κ3) is 3.31. The first-order valence-electron chi connectivity index (χ1n) is 6.12. The lowest BCUT2D eigenvalue weighted by molar-refractivity contribution is 0.460. The van der Waals surface area contributed by atoms with Crippen LogP contribution in [0.1, 0.15) is 42.8 Å². The summed E-state index contributed by atoms with van der Waals surface area (Å²) >= 11 is 7.61. The van der Waals surface area contributed by atoms with E-state index in [0.29, 0.717) is 12.1 Å². The molecule has 2 heterocycles.